The van der Waals surface area contributed by atoms with Crippen molar-refractivity contribution in [2.75, 3.05) is 14.2 Å². The van der Waals surface area contributed by atoms with E-state index >= 15 is 0 Å². The van der Waals surface area contributed by atoms with Crippen LogP contribution in [0.2, 0.25) is 0 Å². The molecule has 3 aromatic rings. The van der Waals surface area contributed by atoms with E-state index in [0.29, 0.717) is 5.92 Å². The van der Waals surface area contributed by atoms with Crippen LogP contribution in [0.3, 0.4) is 0 Å². The third-order valence-electron chi connectivity index (χ3n) is 16.3. The van der Waals surface area contributed by atoms with E-state index in [9.17, 15) is 0 Å². The van der Waals surface area contributed by atoms with Crippen molar-refractivity contribution in [1.82, 2.24) is 0 Å². The molecule has 3 atom stereocenters. The highest BCUT2D eigenvalue weighted by atomic mass is 16.5. The molecule has 0 N–H and O–H groups in total. The molecule has 5 aliphatic carbocycles. The standard InChI is InChI=1S/C49H56O2/c1-44(2)45(3,4)47(7)41-22-16-15-21-39(41)42-38-20-14-11-17-32(38)31-40(42)43(47)48(8,46(44,5)6)49(33-18-12-13-19-33,34-23-27-36(50-9)28-24-34)35-25-29-37(51-10)30-26-35/h11-15,17-18,20-21,23-30,41H,16,19,22,31H2,1-10H3. The highest BCUT2D eigenvalue weighted by Gasteiger charge is 2.77. The van der Waals surface area contributed by atoms with Crippen molar-refractivity contribution in [3.05, 3.63) is 148 Å². The van der Waals surface area contributed by atoms with Crippen molar-refractivity contribution in [2.45, 2.75) is 86.5 Å². The van der Waals surface area contributed by atoms with Gasteiger partial charge in [0.1, 0.15) is 11.5 Å². The molecule has 0 radical (unpaired) electrons. The molecule has 0 heterocycles. The molecule has 51 heavy (non-hydrogen) atoms. The zero-order chi connectivity index (χ0) is 36.2. The monoisotopic (exact) mass is 676 g/mol. The fourth-order valence-electron chi connectivity index (χ4n) is 12.4. The third kappa shape index (κ3) is 3.95. The van der Waals surface area contributed by atoms with Crippen LogP contribution in [0.4, 0.5) is 0 Å². The third-order valence-corrected chi connectivity index (χ3v) is 16.3. The fraction of sp³-hybridized carbons (Fsp3) is 0.429. The van der Waals surface area contributed by atoms with E-state index in [1.165, 1.54) is 39.8 Å². The van der Waals surface area contributed by atoms with Crippen LogP contribution in [-0.2, 0) is 11.8 Å². The first-order valence-corrected chi connectivity index (χ1v) is 19.1. The molecule has 0 bridgehead atoms. The van der Waals surface area contributed by atoms with Gasteiger partial charge in [0.15, 0.2) is 0 Å². The van der Waals surface area contributed by atoms with E-state index in [-0.39, 0.29) is 27.1 Å². The summed E-state index contributed by atoms with van der Waals surface area (Å²) < 4.78 is 11.6. The molecule has 3 unspecified atom stereocenters. The molecule has 1 fully saturated rings. The quantitative estimate of drug-likeness (QED) is 0.259. The summed E-state index contributed by atoms with van der Waals surface area (Å²) >= 11 is 0. The van der Waals surface area contributed by atoms with Gasteiger partial charge in [-0.05, 0) is 111 Å². The van der Waals surface area contributed by atoms with Crippen LogP contribution in [0.25, 0.3) is 5.57 Å². The van der Waals surface area contributed by atoms with Crippen LogP contribution in [0.1, 0.15) is 96.9 Å². The minimum Gasteiger partial charge on any atom is -0.497 e. The molecule has 5 aliphatic rings. The molecule has 8 rings (SSSR count). The summed E-state index contributed by atoms with van der Waals surface area (Å²) in [6.07, 6.45) is 16.3. The Kier molecular flexibility index (Phi) is 7.50. The van der Waals surface area contributed by atoms with Gasteiger partial charge >= 0.3 is 0 Å². The van der Waals surface area contributed by atoms with E-state index in [1.54, 1.807) is 30.9 Å². The summed E-state index contributed by atoms with van der Waals surface area (Å²) in [5, 5.41) is 0. The topological polar surface area (TPSA) is 18.5 Å². The van der Waals surface area contributed by atoms with Crippen molar-refractivity contribution in [2.24, 2.45) is 33.0 Å². The second-order valence-corrected chi connectivity index (χ2v) is 17.8. The molecule has 264 valence electrons. The van der Waals surface area contributed by atoms with Crippen LogP contribution in [0.15, 0.2) is 125 Å². The number of benzene rings is 3. The van der Waals surface area contributed by atoms with E-state index in [2.05, 4.69) is 159 Å². The van der Waals surface area contributed by atoms with Gasteiger partial charge in [-0.1, -0.05) is 145 Å². The lowest BCUT2D eigenvalue weighted by Gasteiger charge is -2.78. The number of fused-ring (bicyclic) bond motifs is 6. The van der Waals surface area contributed by atoms with Crippen LogP contribution in [0.5, 0.6) is 11.5 Å². The first-order chi connectivity index (χ1) is 24.2. The van der Waals surface area contributed by atoms with Gasteiger partial charge in [0.2, 0.25) is 0 Å². The molecule has 0 aliphatic heterocycles. The number of hydrogen-bond donors (Lipinski definition) is 0. The van der Waals surface area contributed by atoms with Crippen LogP contribution < -0.4 is 9.47 Å². The van der Waals surface area contributed by atoms with Crippen LogP contribution in [-0.4, -0.2) is 14.2 Å². The number of methoxy groups -OCH3 is 2. The predicted octanol–water partition coefficient (Wildman–Crippen LogP) is 12.3. The summed E-state index contributed by atoms with van der Waals surface area (Å²) in [6.45, 7) is 21.1. The maximum atomic E-state index is 5.80. The average molecular weight is 677 g/mol. The van der Waals surface area contributed by atoms with Gasteiger partial charge in [0.05, 0.1) is 19.6 Å². The van der Waals surface area contributed by atoms with Gasteiger partial charge in [0.25, 0.3) is 0 Å². The first kappa shape index (κ1) is 34.1. The van der Waals surface area contributed by atoms with E-state index < -0.39 is 5.41 Å². The van der Waals surface area contributed by atoms with Crippen LogP contribution >= 0.6 is 0 Å². The van der Waals surface area contributed by atoms with E-state index in [1.807, 2.05) is 0 Å². The van der Waals surface area contributed by atoms with E-state index in [4.69, 9.17) is 9.47 Å². The molecular formula is C49H56O2. The largest absolute Gasteiger partial charge is 0.497 e. The lowest BCUT2D eigenvalue weighted by Crippen LogP contribution is -2.72. The maximum Gasteiger partial charge on any atom is 0.118 e. The molecule has 1 saturated carbocycles. The molecule has 2 nitrogen and oxygen atoms in total. The fourth-order valence-corrected chi connectivity index (χ4v) is 12.4. The van der Waals surface area contributed by atoms with Gasteiger partial charge in [0, 0.05) is 10.8 Å². The number of ether oxygens (including phenoxy) is 2. The Bertz CT molecular complexity index is 2010. The minimum atomic E-state index is -0.516. The Balaban J connectivity index is 1.61. The Labute approximate surface area is 307 Å². The highest BCUT2D eigenvalue weighted by molar-refractivity contribution is 5.93. The molecule has 0 amide bonds. The molecule has 2 heteroatoms. The molecule has 0 spiro atoms. The van der Waals surface area contributed by atoms with Crippen LogP contribution in [0, 0.1) is 33.0 Å². The molecule has 3 aromatic carbocycles. The molecule has 0 saturated heterocycles. The molecule has 0 aromatic heterocycles. The number of allylic oxidation sites excluding steroid dienone is 10. The van der Waals surface area contributed by atoms with Gasteiger partial charge in [-0.15, -0.1) is 0 Å². The summed E-state index contributed by atoms with van der Waals surface area (Å²) in [5.74, 6) is 2.18. The van der Waals surface area contributed by atoms with E-state index in [0.717, 1.165) is 30.8 Å². The molecular weight excluding hydrogens is 621 g/mol. The average Bonchev–Trinajstić information content (AvgIpc) is 3.81. The lowest BCUT2D eigenvalue weighted by molar-refractivity contribution is -0.206. The normalized spacial score (nSPS) is 28.1. The van der Waals surface area contributed by atoms with Gasteiger partial charge in [-0.2, -0.15) is 0 Å². The summed E-state index contributed by atoms with van der Waals surface area (Å²) in [6, 6.07) is 27.5. The second-order valence-electron chi connectivity index (χ2n) is 17.8. The predicted molar refractivity (Wildman–Crippen MR) is 212 cm³/mol. The van der Waals surface area contributed by atoms with Crippen molar-refractivity contribution >= 4 is 5.57 Å². The van der Waals surface area contributed by atoms with Gasteiger partial charge in [-0.3, -0.25) is 0 Å². The maximum absolute atomic E-state index is 5.80. The highest BCUT2D eigenvalue weighted by Crippen LogP contribution is 2.83. The summed E-state index contributed by atoms with van der Waals surface area (Å²) in [5.41, 5.74) is 12.0. The Morgan fingerprint density at radius 2 is 1.29 bits per heavy atom. The zero-order valence-electron chi connectivity index (χ0n) is 32.5. The smallest absolute Gasteiger partial charge is 0.118 e. The number of rotatable bonds is 6. The zero-order valence-corrected chi connectivity index (χ0v) is 32.5. The summed E-state index contributed by atoms with van der Waals surface area (Å²) in [7, 11) is 3.54. The first-order valence-electron chi connectivity index (χ1n) is 19.1. The van der Waals surface area contributed by atoms with Crippen molar-refractivity contribution < 1.29 is 9.47 Å². The minimum absolute atomic E-state index is 0.0411. The van der Waals surface area contributed by atoms with Crippen molar-refractivity contribution in [3.63, 3.8) is 0 Å². The Morgan fingerprint density at radius 1 is 0.686 bits per heavy atom. The lowest BCUT2D eigenvalue weighted by atomic mass is 9.25. The Morgan fingerprint density at radius 3 is 1.86 bits per heavy atom. The van der Waals surface area contributed by atoms with Gasteiger partial charge < -0.3 is 9.47 Å². The summed E-state index contributed by atoms with van der Waals surface area (Å²) in [4.78, 5) is 0. The van der Waals surface area contributed by atoms with Crippen molar-refractivity contribution in [1.29, 1.82) is 0 Å². The SMILES string of the molecule is COc1ccc(C(C2=CC=CC2)(c2ccc(OC)cc2)C2(C)C3=C4Cc5ccccc5C4=C4C=CCCC4C3(C)C(C)(C)C(C)(C)C2(C)C)cc1. The van der Waals surface area contributed by atoms with Gasteiger partial charge in [-0.25, -0.2) is 0 Å². The number of hydrogen-bond acceptors (Lipinski definition) is 2. The Hall–Kier alpha value is -4.04. The van der Waals surface area contributed by atoms with Crippen molar-refractivity contribution in [3.8, 4) is 11.5 Å². The second kappa shape index (κ2) is 11.2.